The van der Waals surface area contributed by atoms with Gasteiger partial charge in [-0.3, -0.25) is 8.97 Å². The molecule has 0 aliphatic carbocycles. The van der Waals surface area contributed by atoms with E-state index in [2.05, 4.69) is 145 Å². The lowest BCUT2D eigenvalue weighted by molar-refractivity contribution is 0.484. The van der Waals surface area contributed by atoms with Crippen molar-refractivity contribution in [2.75, 3.05) is 0 Å². The van der Waals surface area contributed by atoms with Crippen molar-refractivity contribution in [2.24, 2.45) is 0 Å². The molecule has 0 bridgehead atoms. The Morgan fingerprint density at radius 3 is 2.11 bits per heavy atom. The largest absolute Gasteiger partial charge is 0.457 e. The van der Waals surface area contributed by atoms with Crippen molar-refractivity contribution in [3.05, 3.63) is 156 Å². The fourth-order valence-electron chi connectivity index (χ4n) is 8.67. The van der Waals surface area contributed by atoms with Gasteiger partial charge in [0.2, 0.25) is 0 Å². The normalized spacial score (nSPS) is 12.1. The molecule has 0 fully saturated rings. The molecule has 11 rings (SSSR count). The fourth-order valence-corrected chi connectivity index (χ4v) is 9.77. The summed E-state index contributed by atoms with van der Waals surface area (Å²) in [5, 5.41) is 8.25. The first-order valence-electron chi connectivity index (χ1n) is 17.9. The van der Waals surface area contributed by atoms with Crippen LogP contribution >= 0.6 is 11.3 Å². The van der Waals surface area contributed by atoms with E-state index in [9.17, 15) is 0 Å². The Kier molecular flexibility index (Phi) is 6.40. The molecule has 11 aromatic rings. The van der Waals surface area contributed by atoms with Gasteiger partial charge in [0.15, 0.2) is 0 Å². The van der Waals surface area contributed by atoms with Crippen LogP contribution < -0.4 is 4.74 Å². The zero-order valence-electron chi connectivity index (χ0n) is 29.4. The highest BCUT2D eigenvalue weighted by molar-refractivity contribution is 7.26. The minimum Gasteiger partial charge on any atom is -0.457 e. The van der Waals surface area contributed by atoms with Crippen LogP contribution in [0, 0.1) is 20.8 Å². The van der Waals surface area contributed by atoms with E-state index in [1.165, 1.54) is 58.7 Å². The van der Waals surface area contributed by atoms with Gasteiger partial charge in [-0.25, -0.2) is 9.97 Å². The Hall–Kier alpha value is -6.50. The molecule has 5 aromatic heterocycles. The Bertz CT molecular complexity index is 3270. The van der Waals surface area contributed by atoms with E-state index in [0.717, 1.165) is 55.9 Å². The third kappa shape index (κ3) is 4.42. The number of thiophene rings is 1. The summed E-state index contributed by atoms with van der Waals surface area (Å²) in [6, 6.07) is 45.2. The quantitative estimate of drug-likeness (QED) is 0.172. The molecule has 0 saturated carbocycles. The number of imidazole rings is 1. The van der Waals surface area contributed by atoms with Crippen molar-refractivity contribution in [3.63, 3.8) is 0 Å². The highest BCUT2D eigenvalue weighted by Gasteiger charge is 2.21. The second kappa shape index (κ2) is 11.2. The van der Waals surface area contributed by atoms with Crippen LogP contribution in [-0.2, 0) is 0 Å². The number of aromatic nitrogens is 4. The Balaban J connectivity index is 1.11. The minimum absolute atomic E-state index is 0.757. The summed E-state index contributed by atoms with van der Waals surface area (Å²) >= 11 is 1.83. The summed E-state index contributed by atoms with van der Waals surface area (Å²) in [4.78, 5) is 9.93. The van der Waals surface area contributed by atoms with Gasteiger partial charge < -0.3 is 4.74 Å². The van der Waals surface area contributed by atoms with Gasteiger partial charge in [0, 0.05) is 59.5 Å². The average molecular weight is 701 g/mol. The highest BCUT2D eigenvalue weighted by atomic mass is 32.1. The molecule has 0 spiro atoms. The molecule has 0 aliphatic heterocycles. The molecule has 6 aromatic carbocycles. The van der Waals surface area contributed by atoms with Crippen LogP contribution in [0.15, 0.2) is 140 Å². The van der Waals surface area contributed by atoms with Crippen LogP contribution in [0.3, 0.4) is 0 Å². The molecule has 5 heterocycles. The van der Waals surface area contributed by atoms with Crippen molar-refractivity contribution in [1.82, 2.24) is 18.9 Å². The third-order valence-corrected chi connectivity index (χ3v) is 11.9. The molecule has 0 amide bonds. The second-order valence-corrected chi connectivity index (χ2v) is 15.1. The molecule has 0 unspecified atom stereocenters. The predicted molar refractivity (Wildman–Crippen MR) is 221 cm³/mol. The zero-order chi connectivity index (χ0) is 35.4. The molecular weight excluding hydrogens is 669 g/mol. The van der Waals surface area contributed by atoms with Gasteiger partial charge in [0.1, 0.15) is 23.0 Å². The number of fused-ring (bicyclic) bond motifs is 13. The number of hydrogen-bond acceptors (Lipinski definition) is 4. The zero-order valence-corrected chi connectivity index (χ0v) is 30.2. The minimum atomic E-state index is 0.757. The summed E-state index contributed by atoms with van der Waals surface area (Å²) < 4.78 is 13.9. The summed E-state index contributed by atoms with van der Waals surface area (Å²) in [6.07, 6.45) is 3.89. The fraction of sp³-hybridized carbons (Fsp3) is 0.0638. The SMILES string of the molecule is Cc1cc(C)c(-c2cnc3c4cc(Oc5ccc6c7ccc8sc9ccccc9c8c7n(-c7ccccn7)c6c5)ccc4c4ccccc4n23)c(C)c1. The van der Waals surface area contributed by atoms with E-state index in [0.29, 0.717) is 0 Å². The summed E-state index contributed by atoms with van der Waals surface area (Å²) in [6.45, 7) is 6.54. The van der Waals surface area contributed by atoms with Gasteiger partial charge in [-0.1, -0.05) is 66.2 Å². The lowest BCUT2D eigenvalue weighted by atomic mass is 9.97. The first-order valence-corrected chi connectivity index (χ1v) is 18.7. The van der Waals surface area contributed by atoms with Crippen molar-refractivity contribution in [1.29, 1.82) is 0 Å². The number of benzene rings is 6. The molecular formula is C47H32N4OS. The number of ether oxygens (including phenoxy) is 1. The second-order valence-electron chi connectivity index (χ2n) is 14.0. The number of pyridine rings is 2. The molecule has 0 aliphatic rings. The lowest BCUT2D eigenvalue weighted by Crippen LogP contribution is -1.97. The summed E-state index contributed by atoms with van der Waals surface area (Å²) in [7, 11) is 0. The van der Waals surface area contributed by atoms with Gasteiger partial charge in [-0.05, 0) is 97.9 Å². The van der Waals surface area contributed by atoms with E-state index < -0.39 is 0 Å². The van der Waals surface area contributed by atoms with Crippen LogP contribution in [0.25, 0.3) is 86.4 Å². The Morgan fingerprint density at radius 2 is 1.28 bits per heavy atom. The van der Waals surface area contributed by atoms with Gasteiger partial charge in [0.05, 0.1) is 28.4 Å². The number of rotatable bonds is 4. The van der Waals surface area contributed by atoms with Crippen LogP contribution in [-0.4, -0.2) is 18.9 Å². The molecule has 6 heteroatoms. The molecule has 252 valence electrons. The van der Waals surface area contributed by atoms with Crippen molar-refractivity contribution >= 4 is 80.6 Å². The van der Waals surface area contributed by atoms with E-state index in [1.807, 2.05) is 35.9 Å². The van der Waals surface area contributed by atoms with Crippen LogP contribution in [0.2, 0.25) is 0 Å². The average Bonchev–Trinajstić information content (AvgIpc) is 3.87. The van der Waals surface area contributed by atoms with Gasteiger partial charge in [-0.15, -0.1) is 11.3 Å². The van der Waals surface area contributed by atoms with Crippen LogP contribution in [0.4, 0.5) is 0 Å². The van der Waals surface area contributed by atoms with E-state index in [-0.39, 0.29) is 0 Å². The number of aryl methyl sites for hydroxylation is 3. The standard InChI is InChI=1S/C47H32N4OS/c1-27-22-28(2)44(29(3)23-27)40-26-49-47-37-24-30(15-17-32(37)33-10-4-6-12-38(33)50(40)47)52-31-16-18-34-35-19-20-42-45(36-11-5-7-13-41(36)53-42)46(35)51(39(34)25-31)43-14-8-9-21-48-43/h4-26H,1-3H3. The van der Waals surface area contributed by atoms with Crippen LogP contribution in [0.5, 0.6) is 11.5 Å². The lowest BCUT2D eigenvalue weighted by Gasteiger charge is -2.15. The van der Waals surface area contributed by atoms with Gasteiger partial charge in [-0.2, -0.15) is 0 Å². The predicted octanol–water partition coefficient (Wildman–Crippen LogP) is 12.9. The first-order chi connectivity index (χ1) is 26.0. The molecule has 5 nitrogen and oxygen atoms in total. The van der Waals surface area contributed by atoms with E-state index in [4.69, 9.17) is 14.7 Å². The summed E-state index contributed by atoms with van der Waals surface area (Å²) in [5.74, 6) is 2.39. The smallest absolute Gasteiger partial charge is 0.145 e. The maximum atomic E-state index is 6.76. The Labute approximate surface area is 309 Å². The molecule has 53 heavy (non-hydrogen) atoms. The monoisotopic (exact) mass is 700 g/mol. The van der Waals surface area contributed by atoms with Crippen LogP contribution in [0.1, 0.15) is 16.7 Å². The molecule has 0 saturated heterocycles. The number of hydrogen-bond donors (Lipinski definition) is 0. The Morgan fingerprint density at radius 1 is 0.566 bits per heavy atom. The van der Waals surface area contributed by atoms with E-state index in [1.54, 1.807) is 0 Å². The first kappa shape index (κ1) is 30.2. The topological polar surface area (TPSA) is 44.3 Å². The summed E-state index contributed by atoms with van der Waals surface area (Å²) in [5.41, 5.74) is 10.3. The number of para-hydroxylation sites is 1. The highest BCUT2D eigenvalue weighted by Crippen LogP contribution is 2.44. The van der Waals surface area contributed by atoms with Crippen molar-refractivity contribution in [3.8, 4) is 28.6 Å². The third-order valence-electron chi connectivity index (χ3n) is 10.7. The molecule has 0 N–H and O–H groups in total. The van der Waals surface area contributed by atoms with Crippen molar-refractivity contribution < 1.29 is 4.74 Å². The maximum Gasteiger partial charge on any atom is 0.145 e. The maximum absolute atomic E-state index is 6.76. The van der Waals surface area contributed by atoms with Crippen molar-refractivity contribution in [2.45, 2.75) is 20.8 Å². The number of nitrogens with zero attached hydrogens (tertiary/aromatic N) is 4. The van der Waals surface area contributed by atoms with Gasteiger partial charge in [0.25, 0.3) is 0 Å². The van der Waals surface area contributed by atoms with E-state index >= 15 is 0 Å². The molecule has 0 atom stereocenters. The molecule has 0 radical (unpaired) electrons. The van der Waals surface area contributed by atoms with Gasteiger partial charge >= 0.3 is 0 Å².